The molecule has 27 heavy (non-hydrogen) atoms. The number of methoxy groups -OCH3 is 1. The molecule has 0 aliphatic rings. The number of likely N-dealkylation sites (N-methyl/N-ethyl adjacent to an activating group) is 1. The monoisotopic (exact) mass is 400 g/mol. The van der Waals surface area contributed by atoms with Gasteiger partial charge in [0.1, 0.15) is 11.8 Å². The highest BCUT2D eigenvalue weighted by Crippen LogP contribution is 2.29. The fourth-order valence-corrected chi connectivity index (χ4v) is 3.96. The number of carbonyl (C=O) groups excluding carboxylic acids is 1. The lowest BCUT2D eigenvalue weighted by Gasteiger charge is -2.27. The van der Waals surface area contributed by atoms with Crippen LogP contribution in [0, 0.1) is 0 Å². The molecule has 1 N–H and O–H groups in total. The highest BCUT2D eigenvalue weighted by atomic mass is 35.5. The zero-order valence-electron chi connectivity index (χ0n) is 15.2. The summed E-state index contributed by atoms with van der Waals surface area (Å²) in [5.74, 6) is 0.463. The van der Waals surface area contributed by atoms with Gasteiger partial charge in [0.25, 0.3) is 0 Å². The molecule has 6 heteroatoms. The molecule has 1 amide bonds. The van der Waals surface area contributed by atoms with Gasteiger partial charge in [0.15, 0.2) is 0 Å². The molecule has 0 radical (unpaired) electrons. The molecular weight excluding hydrogens is 380 g/mol. The maximum absolute atomic E-state index is 13.1. The van der Waals surface area contributed by atoms with Crippen molar-refractivity contribution >= 4 is 34.5 Å². The summed E-state index contributed by atoms with van der Waals surface area (Å²) in [6, 6.07) is 18.7. The number of nitrogens with zero attached hydrogens (tertiary/aromatic N) is 1. The molecule has 4 nitrogen and oxygen atoms in total. The number of amides is 1. The van der Waals surface area contributed by atoms with Gasteiger partial charge in [0.2, 0.25) is 5.91 Å². The SMILES string of the molecule is COc1ccc(NC(=O)[C@H](c2ccccc2)N(C)Cc2cccs2)cc1Cl. The maximum atomic E-state index is 13.1. The molecule has 0 saturated carbocycles. The van der Waals surface area contributed by atoms with Crippen LogP contribution in [0.5, 0.6) is 5.75 Å². The van der Waals surface area contributed by atoms with Gasteiger partial charge in [0, 0.05) is 17.1 Å². The molecule has 3 rings (SSSR count). The molecule has 0 unspecified atom stereocenters. The molecule has 1 heterocycles. The number of anilines is 1. The Bertz CT molecular complexity index is 884. The van der Waals surface area contributed by atoms with Crippen LogP contribution in [0.15, 0.2) is 66.0 Å². The van der Waals surface area contributed by atoms with Gasteiger partial charge in [-0.15, -0.1) is 11.3 Å². The minimum atomic E-state index is -0.422. The lowest BCUT2D eigenvalue weighted by atomic mass is 10.0. The Kier molecular flexibility index (Phi) is 6.50. The number of benzene rings is 2. The first-order valence-electron chi connectivity index (χ1n) is 8.50. The lowest BCUT2D eigenvalue weighted by Crippen LogP contribution is -2.34. The Morgan fingerprint density at radius 3 is 2.59 bits per heavy atom. The molecule has 1 aromatic heterocycles. The quantitative estimate of drug-likeness (QED) is 0.591. The van der Waals surface area contributed by atoms with Crippen molar-refractivity contribution in [3.05, 3.63) is 81.5 Å². The van der Waals surface area contributed by atoms with Gasteiger partial charge in [-0.2, -0.15) is 0 Å². The van der Waals surface area contributed by atoms with E-state index in [0.29, 0.717) is 23.0 Å². The molecule has 3 aromatic rings. The number of hydrogen-bond acceptors (Lipinski definition) is 4. The minimum absolute atomic E-state index is 0.110. The maximum Gasteiger partial charge on any atom is 0.246 e. The number of halogens is 1. The molecule has 1 atom stereocenters. The van der Waals surface area contributed by atoms with E-state index < -0.39 is 6.04 Å². The van der Waals surface area contributed by atoms with Crippen LogP contribution in [0.3, 0.4) is 0 Å². The smallest absolute Gasteiger partial charge is 0.246 e. The van der Waals surface area contributed by atoms with Gasteiger partial charge in [-0.1, -0.05) is 48.0 Å². The van der Waals surface area contributed by atoms with Crippen molar-refractivity contribution in [1.82, 2.24) is 4.90 Å². The third-order valence-corrected chi connectivity index (χ3v) is 5.37. The van der Waals surface area contributed by atoms with Gasteiger partial charge < -0.3 is 10.1 Å². The zero-order valence-corrected chi connectivity index (χ0v) is 16.8. The summed E-state index contributed by atoms with van der Waals surface area (Å²) in [5.41, 5.74) is 1.57. The van der Waals surface area contributed by atoms with Crippen molar-refractivity contribution < 1.29 is 9.53 Å². The number of nitrogens with one attached hydrogen (secondary N) is 1. The van der Waals surface area contributed by atoms with Crippen LogP contribution in [0.2, 0.25) is 5.02 Å². The fraction of sp³-hybridized carbons (Fsp3) is 0.190. The Morgan fingerprint density at radius 2 is 1.96 bits per heavy atom. The first kappa shape index (κ1) is 19.4. The van der Waals surface area contributed by atoms with Crippen molar-refractivity contribution in [2.45, 2.75) is 12.6 Å². The molecule has 0 bridgehead atoms. The van der Waals surface area contributed by atoms with Crippen molar-refractivity contribution in [3.8, 4) is 5.75 Å². The van der Waals surface area contributed by atoms with E-state index in [0.717, 1.165) is 5.56 Å². The summed E-state index contributed by atoms with van der Waals surface area (Å²) in [6.45, 7) is 0.689. The highest BCUT2D eigenvalue weighted by Gasteiger charge is 2.25. The largest absolute Gasteiger partial charge is 0.495 e. The predicted octanol–water partition coefficient (Wildman–Crippen LogP) is 5.22. The average molecular weight is 401 g/mol. The number of thiophene rings is 1. The van der Waals surface area contributed by atoms with Crippen LogP contribution in [0.4, 0.5) is 5.69 Å². The third kappa shape index (κ3) is 4.89. The zero-order chi connectivity index (χ0) is 19.2. The second-order valence-corrected chi connectivity index (χ2v) is 7.59. The second-order valence-electron chi connectivity index (χ2n) is 6.15. The second kappa shape index (κ2) is 9.04. The summed E-state index contributed by atoms with van der Waals surface area (Å²) < 4.78 is 5.17. The van der Waals surface area contributed by atoms with E-state index in [1.54, 1.807) is 36.6 Å². The van der Waals surface area contributed by atoms with Crippen molar-refractivity contribution in [2.24, 2.45) is 0 Å². The van der Waals surface area contributed by atoms with Gasteiger partial charge >= 0.3 is 0 Å². The molecule has 140 valence electrons. The van der Waals surface area contributed by atoms with E-state index in [9.17, 15) is 4.79 Å². The van der Waals surface area contributed by atoms with E-state index in [-0.39, 0.29) is 5.91 Å². The first-order valence-corrected chi connectivity index (χ1v) is 9.76. The fourth-order valence-electron chi connectivity index (χ4n) is 2.94. The van der Waals surface area contributed by atoms with Gasteiger partial charge in [-0.25, -0.2) is 0 Å². The van der Waals surface area contributed by atoms with Crippen LogP contribution in [0.25, 0.3) is 0 Å². The van der Waals surface area contributed by atoms with Crippen LogP contribution in [-0.4, -0.2) is 25.0 Å². The average Bonchev–Trinajstić information content (AvgIpc) is 3.16. The first-order chi connectivity index (χ1) is 13.1. The molecule has 0 spiro atoms. The Hall–Kier alpha value is -2.34. The summed E-state index contributed by atoms with van der Waals surface area (Å²) in [6.07, 6.45) is 0. The molecule has 2 aromatic carbocycles. The minimum Gasteiger partial charge on any atom is -0.495 e. The lowest BCUT2D eigenvalue weighted by molar-refractivity contribution is -0.121. The van der Waals surface area contributed by atoms with E-state index in [2.05, 4.69) is 11.4 Å². The third-order valence-electron chi connectivity index (χ3n) is 4.21. The van der Waals surface area contributed by atoms with Gasteiger partial charge in [0.05, 0.1) is 12.1 Å². The summed E-state index contributed by atoms with van der Waals surface area (Å²) in [4.78, 5) is 16.4. The molecule has 0 saturated heterocycles. The van der Waals surface area contributed by atoms with Crippen molar-refractivity contribution in [2.75, 3.05) is 19.5 Å². The molecular formula is C21H21ClN2O2S. The van der Waals surface area contributed by atoms with Crippen molar-refractivity contribution in [3.63, 3.8) is 0 Å². The highest BCUT2D eigenvalue weighted by molar-refractivity contribution is 7.09. The molecule has 0 aliphatic carbocycles. The van der Waals surface area contributed by atoms with Crippen LogP contribution in [-0.2, 0) is 11.3 Å². The topological polar surface area (TPSA) is 41.6 Å². The summed E-state index contributed by atoms with van der Waals surface area (Å²) >= 11 is 7.86. The molecule has 0 aliphatic heterocycles. The van der Waals surface area contributed by atoms with E-state index >= 15 is 0 Å². The number of carbonyl (C=O) groups is 1. The number of rotatable bonds is 7. The predicted molar refractivity (Wildman–Crippen MR) is 112 cm³/mol. The van der Waals surface area contributed by atoms with E-state index in [1.807, 2.05) is 53.7 Å². The normalized spacial score (nSPS) is 12.0. The van der Waals surface area contributed by atoms with Gasteiger partial charge in [-0.3, -0.25) is 9.69 Å². The molecule has 0 fully saturated rings. The Labute approximate surface area is 168 Å². The van der Waals surface area contributed by atoms with Crippen LogP contribution in [0.1, 0.15) is 16.5 Å². The standard InChI is InChI=1S/C21H21ClN2O2S/c1-24(14-17-9-6-12-27-17)20(15-7-4-3-5-8-15)21(25)23-16-10-11-19(26-2)18(22)13-16/h3-13,20H,14H2,1-2H3,(H,23,25)/t20-/m0/s1. The van der Waals surface area contributed by atoms with Crippen LogP contribution >= 0.6 is 22.9 Å². The van der Waals surface area contributed by atoms with Crippen molar-refractivity contribution in [1.29, 1.82) is 0 Å². The van der Waals surface area contributed by atoms with Gasteiger partial charge in [-0.05, 0) is 42.3 Å². The number of hydrogen-bond donors (Lipinski definition) is 1. The number of ether oxygens (including phenoxy) is 1. The Balaban J connectivity index is 1.83. The summed E-state index contributed by atoms with van der Waals surface area (Å²) in [5, 5.41) is 5.47. The Morgan fingerprint density at radius 1 is 1.19 bits per heavy atom. The van der Waals surface area contributed by atoms with E-state index in [4.69, 9.17) is 16.3 Å². The summed E-state index contributed by atoms with van der Waals surface area (Å²) in [7, 11) is 3.52. The van der Waals surface area contributed by atoms with E-state index in [1.165, 1.54) is 4.88 Å². The van der Waals surface area contributed by atoms with Crippen LogP contribution < -0.4 is 10.1 Å².